The minimum absolute atomic E-state index is 0.0212. The Morgan fingerprint density at radius 1 is 0.570 bits per heavy atom. The van der Waals surface area contributed by atoms with Crippen LogP contribution in [0.3, 0.4) is 0 Å². The number of aromatic nitrogens is 13. The lowest BCUT2D eigenvalue weighted by atomic mass is 9.81. The lowest BCUT2D eigenvalue weighted by Gasteiger charge is -2.40. The van der Waals surface area contributed by atoms with Gasteiger partial charge in [0.05, 0.1) is 106 Å². The van der Waals surface area contributed by atoms with Crippen LogP contribution >= 0.6 is 0 Å². The monoisotopic (exact) mass is 1470 g/mol. The summed E-state index contributed by atoms with van der Waals surface area (Å²) in [7, 11) is 5.05. The summed E-state index contributed by atoms with van der Waals surface area (Å²) >= 11 is 0. The molecule has 0 unspecified atom stereocenters. The fourth-order valence-corrected chi connectivity index (χ4v) is 15.8. The largest absolute Gasteiger partial charge is 0.441 e. The second kappa shape index (κ2) is 35.2. The average molecular weight is 1470 g/mol. The smallest absolute Gasteiger partial charge is 0.410 e. The molecule has 3 aliphatic carbocycles. The fraction of sp³-hybridized carbons (Fsp3) is 0.590. The molecule has 3 saturated carbocycles. The fourth-order valence-electron chi connectivity index (χ4n) is 15.8. The van der Waals surface area contributed by atoms with Crippen molar-refractivity contribution in [3.05, 3.63) is 109 Å². The van der Waals surface area contributed by atoms with E-state index in [4.69, 9.17) is 48.8 Å². The minimum Gasteiger partial charge on any atom is -0.441 e. The highest BCUT2D eigenvalue weighted by molar-refractivity contribution is 5.84. The standard InChI is InChI=1S/C29H39N7O5.C27H41N7O3.C22H28FN5O/c1-19(16-39-2)32-28-31-15-26-24(14-25(36(26)33-28)20-3-5-22(37)6-4-20)21-7-8-30-27(13-21)34-9-11-35(12-10-34)29(38)41-23-17-40-18-23;1-19(17-36-4)30-26-28-15-25-23(13-24(34(25)31-26)20-5-7-22(35)8-6-20)21-14-29-33(16-21)18-27(2,3)32-9-11-37-12-10-32;1-14-4-6-16(7-5-14)19-11-18(17-8-9-24-21(23)10-17)20-12-25-22(27-28(19)20)26-15(2)13-29-3/h7-8,13-15,19-20,22-23,37H,3-6,9-12,16-18H2,1-2H3,(H,32,33);13-16,19-20,22,35H,5-12,17-18H2,1-4H3,(H,30,31);8-12,14-16H,4-7,13H2,1-3H3,(H,26,27)/t2*19-,20?,22?;14?,15-,16?/m000/s1. The zero-order valence-corrected chi connectivity index (χ0v) is 63.5. The molecular formula is C78H108FN19O9. The van der Waals surface area contributed by atoms with Crippen LogP contribution in [0.1, 0.15) is 153 Å². The number of methoxy groups -OCH3 is 3. The molecule has 12 heterocycles. The van der Waals surface area contributed by atoms with Crippen molar-refractivity contribution < 1.29 is 47.8 Å². The number of pyridine rings is 2. The molecule has 576 valence electrons. The van der Waals surface area contributed by atoms with Gasteiger partial charge in [0.1, 0.15) is 5.82 Å². The number of aliphatic hydroxyl groups excluding tert-OH is 2. The summed E-state index contributed by atoms with van der Waals surface area (Å²) < 4.78 is 53.7. The maximum absolute atomic E-state index is 13.8. The predicted molar refractivity (Wildman–Crippen MR) is 408 cm³/mol. The number of halogens is 1. The normalized spacial score (nSPS) is 21.9. The molecule has 0 spiro atoms. The lowest BCUT2D eigenvalue weighted by molar-refractivity contribution is -0.104. The Labute approximate surface area is 625 Å². The molecule has 29 heteroatoms. The van der Waals surface area contributed by atoms with Crippen molar-refractivity contribution in [2.24, 2.45) is 5.92 Å². The molecule has 6 aliphatic rings. The van der Waals surface area contributed by atoms with E-state index in [1.165, 1.54) is 36.5 Å². The molecule has 0 bridgehead atoms. The first-order chi connectivity index (χ1) is 51.9. The summed E-state index contributed by atoms with van der Waals surface area (Å²) in [6.07, 6.45) is 23.9. The molecule has 28 nitrogen and oxygen atoms in total. The zero-order chi connectivity index (χ0) is 74.7. The van der Waals surface area contributed by atoms with Crippen LogP contribution in [0.5, 0.6) is 0 Å². The summed E-state index contributed by atoms with van der Waals surface area (Å²) in [5.74, 6) is 3.96. The molecule has 9 aromatic rings. The SMILES string of the molecule is COC[C@H](C)Nc1ncc2c(-c3ccnc(F)c3)cc(C3CCC(C)CC3)n2n1.COC[C@H](C)Nc1ncc2c(-c3ccnc(N4CCN(C(=O)OC5COC5)CC4)c3)cc(C3CCC(O)CC3)n2n1.COC[C@H](C)Nc1ncc2c(-c3cnn(CC(C)(C)N4CCOCC4)c3)cc(C3CCC(O)CC3)n2n1. The summed E-state index contributed by atoms with van der Waals surface area (Å²) in [4.78, 5) is 41.0. The number of carbonyl (C=O) groups is 1. The molecule has 3 saturated heterocycles. The van der Waals surface area contributed by atoms with Gasteiger partial charge in [-0.2, -0.15) is 9.49 Å². The van der Waals surface area contributed by atoms with Gasteiger partial charge in [0.25, 0.3) is 0 Å². The topological polar surface area (TPSA) is 293 Å². The highest BCUT2D eigenvalue weighted by Gasteiger charge is 2.34. The molecule has 3 aliphatic heterocycles. The molecule has 15 rings (SSSR count). The molecule has 9 aromatic heterocycles. The van der Waals surface area contributed by atoms with Crippen LogP contribution in [0, 0.1) is 11.9 Å². The van der Waals surface area contributed by atoms with Crippen molar-refractivity contribution in [2.45, 2.75) is 185 Å². The number of hydrogen-bond acceptors (Lipinski definition) is 23. The number of amides is 1. The molecule has 107 heavy (non-hydrogen) atoms. The number of hydrogen-bond donors (Lipinski definition) is 5. The number of rotatable bonds is 23. The first kappa shape index (κ1) is 76.6. The van der Waals surface area contributed by atoms with E-state index in [0.29, 0.717) is 94.8 Å². The maximum atomic E-state index is 13.8. The molecule has 1 amide bonds. The van der Waals surface area contributed by atoms with E-state index in [1.54, 1.807) is 26.2 Å². The van der Waals surface area contributed by atoms with Gasteiger partial charge in [-0.05, 0) is 152 Å². The van der Waals surface area contributed by atoms with Gasteiger partial charge in [-0.25, -0.2) is 43.3 Å². The summed E-state index contributed by atoms with van der Waals surface area (Å²) in [6.45, 7) is 22.4. The number of nitrogens with zero attached hydrogens (tertiary/aromatic N) is 16. The van der Waals surface area contributed by atoms with Gasteiger partial charge >= 0.3 is 6.09 Å². The number of aliphatic hydroxyl groups is 2. The van der Waals surface area contributed by atoms with Crippen LogP contribution < -0.4 is 20.9 Å². The van der Waals surface area contributed by atoms with Gasteiger partial charge in [-0.1, -0.05) is 19.8 Å². The van der Waals surface area contributed by atoms with Crippen LogP contribution in [-0.4, -0.2) is 238 Å². The number of nitrogens with one attached hydrogen (secondary N) is 3. The average Bonchev–Trinajstić information content (AvgIpc) is 1.64. The van der Waals surface area contributed by atoms with E-state index in [0.717, 1.165) is 164 Å². The van der Waals surface area contributed by atoms with Crippen molar-refractivity contribution in [1.29, 1.82) is 0 Å². The summed E-state index contributed by atoms with van der Waals surface area (Å²) in [5, 5.41) is 49.5. The van der Waals surface area contributed by atoms with E-state index in [-0.39, 0.29) is 48.1 Å². The van der Waals surface area contributed by atoms with Gasteiger partial charge in [0.15, 0.2) is 6.10 Å². The Morgan fingerprint density at radius 3 is 1.47 bits per heavy atom. The molecule has 0 aromatic carbocycles. The number of piperazine rings is 1. The number of morpholine rings is 1. The number of anilines is 4. The Balaban J connectivity index is 0.000000144. The minimum atomic E-state index is -0.484. The summed E-state index contributed by atoms with van der Waals surface area (Å²) in [6, 6.07) is 14.3. The van der Waals surface area contributed by atoms with E-state index in [9.17, 15) is 19.4 Å². The highest BCUT2D eigenvalue weighted by atomic mass is 19.1. The highest BCUT2D eigenvalue weighted by Crippen LogP contribution is 2.42. The van der Waals surface area contributed by atoms with Crippen molar-refractivity contribution >= 4 is 46.3 Å². The molecule has 3 atom stereocenters. The lowest BCUT2D eigenvalue weighted by Crippen LogP contribution is -2.52. The number of carbonyl (C=O) groups excluding carboxylic acids is 1. The van der Waals surface area contributed by atoms with Gasteiger partial charge in [-0.3, -0.25) is 9.58 Å². The van der Waals surface area contributed by atoms with E-state index < -0.39 is 5.95 Å². The van der Waals surface area contributed by atoms with E-state index >= 15 is 0 Å². The van der Waals surface area contributed by atoms with E-state index in [1.807, 2.05) is 82.1 Å². The summed E-state index contributed by atoms with van der Waals surface area (Å²) in [5.41, 5.74) is 12.2. The van der Waals surface area contributed by atoms with Crippen LogP contribution in [0.25, 0.3) is 49.9 Å². The van der Waals surface area contributed by atoms with Crippen LogP contribution in [0.4, 0.5) is 32.8 Å². The molecule has 0 radical (unpaired) electrons. The van der Waals surface area contributed by atoms with Crippen LogP contribution in [-0.2, 0) is 35.0 Å². The third kappa shape index (κ3) is 18.8. The molecule has 5 N–H and O–H groups in total. The molecule has 6 fully saturated rings. The Bertz CT molecular complexity index is 4370. The quantitative estimate of drug-likeness (QED) is 0.0372. The zero-order valence-electron chi connectivity index (χ0n) is 63.5. The van der Waals surface area contributed by atoms with Gasteiger partial charge in [-0.15, -0.1) is 15.3 Å². The van der Waals surface area contributed by atoms with E-state index in [2.05, 4.69) is 102 Å². The maximum Gasteiger partial charge on any atom is 0.410 e. The van der Waals surface area contributed by atoms with Gasteiger partial charge < -0.3 is 64.4 Å². The van der Waals surface area contributed by atoms with Crippen LogP contribution in [0.2, 0.25) is 0 Å². The second-order valence-electron chi connectivity index (χ2n) is 30.7. The Hall–Kier alpha value is -8.55. The van der Waals surface area contributed by atoms with Crippen molar-refractivity contribution in [3.63, 3.8) is 0 Å². The third-order valence-corrected chi connectivity index (χ3v) is 21.9. The van der Waals surface area contributed by atoms with Gasteiger partial charge in [0, 0.05) is 166 Å². The van der Waals surface area contributed by atoms with Crippen molar-refractivity contribution in [1.82, 2.24) is 73.3 Å². The molecular weight excluding hydrogens is 1370 g/mol. The predicted octanol–water partition coefficient (Wildman–Crippen LogP) is 10.8. The number of ether oxygens (including phenoxy) is 6. The van der Waals surface area contributed by atoms with Crippen LogP contribution in [0.15, 0.2) is 85.8 Å². The van der Waals surface area contributed by atoms with Crippen molar-refractivity contribution in [2.75, 3.05) is 128 Å². The number of fused-ring (bicyclic) bond motifs is 3. The van der Waals surface area contributed by atoms with Gasteiger partial charge in [0.2, 0.25) is 23.8 Å². The van der Waals surface area contributed by atoms with Crippen molar-refractivity contribution in [3.8, 4) is 33.4 Å². The Morgan fingerprint density at radius 2 is 1.02 bits per heavy atom. The first-order valence-electron chi connectivity index (χ1n) is 38.4. The first-order valence-corrected chi connectivity index (χ1v) is 38.4. The third-order valence-electron chi connectivity index (χ3n) is 21.9. The Kier molecular flexibility index (Phi) is 25.2. The second-order valence-corrected chi connectivity index (χ2v) is 30.7.